The van der Waals surface area contributed by atoms with Crippen LogP contribution < -0.4 is 5.32 Å². The number of para-hydroxylation sites is 1. The lowest BCUT2D eigenvalue weighted by Crippen LogP contribution is -2.45. The van der Waals surface area contributed by atoms with Crippen molar-refractivity contribution in [2.75, 3.05) is 0 Å². The van der Waals surface area contributed by atoms with Crippen molar-refractivity contribution in [2.45, 2.75) is 32.7 Å². The summed E-state index contributed by atoms with van der Waals surface area (Å²) < 4.78 is 5.12. The predicted molar refractivity (Wildman–Crippen MR) is 76.7 cm³/mol. The number of aromatic nitrogens is 1. The second-order valence-electron chi connectivity index (χ2n) is 5.07. The molecule has 21 heavy (non-hydrogen) atoms. The zero-order valence-electron chi connectivity index (χ0n) is 12.0. The number of hydrogen-bond acceptors (Lipinski definition) is 4. The second kappa shape index (κ2) is 6.39. The summed E-state index contributed by atoms with van der Waals surface area (Å²) in [6.45, 7) is 3.68. The van der Waals surface area contributed by atoms with Gasteiger partial charge in [0.1, 0.15) is 11.7 Å². The van der Waals surface area contributed by atoms with E-state index in [-0.39, 0.29) is 18.2 Å². The van der Waals surface area contributed by atoms with Crippen LogP contribution in [-0.2, 0) is 16.0 Å². The number of carbonyl (C=O) groups excluding carboxylic acids is 1. The number of nitrogens with one attached hydrogen (secondary N) is 1. The van der Waals surface area contributed by atoms with Crippen LogP contribution in [0.5, 0.6) is 0 Å². The summed E-state index contributed by atoms with van der Waals surface area (Å²) in [5.41, 5.74) is 1.12. The first-order valence-electron chi connectivity index (χ1n) is 6.88. The molecule has 0 aliphatic rings. The maximum Gasteiger partial charge on any atom is 0.326 e. The van der Waals surface area contributed by atoms with Crippen LogP contribution >= 0.6 is 0 Å². The average Bonchev–Trinajstić information content (AvgIpc) is 2.87. The van der Waals surface area contributed by atoms with E-state index in [1.54, 1.807) is 13.0 Å². The summed E-state index contributed by atoms with van der Waals surface area (Å²) in [6.07, 6.45) is 0.668. The maximum absolute atomic E-state index is 12.0. The Morgan fingerprint density at radius 1 is 1.38 bits per heavy atom. The molecule has 1 aromatic heterocycles. The first kappa shape index (κ1) is 15.0. The van der Waals surface area contributed by atoms with Crippen molar-refractivity contribution < 1.29 is 19.2 Å². The van der Waals surface area contributed by atoms with Crippen LogP contribution in [0.3, 0.4) is 0 Å². The second-order valence-corrected chi connectivity index (χ2v) is 5.07. The molecule has 0 saturated heterocycles. The highest BCUT2D eigenvalue weighted by Gasteiger charge is 2.25. The predicted octanol–water partition coefficient (Wildman–Crippen LogP) is 1.99. The topological polar surface area (TPSA) is 92.4 Å². The molecular formula is C15H18N2O4. The molecule has 1 heterocycles. The molecule has 0 fully saturated rings. The Bertz CT molecular complexity index is 650. The molecule has 0 bridgehead atoms. The quantitative estimate of drug-likeness (QED) is 0.848. The summed E-state index contributed by atoms with van der Waals surface area (Å²) in [7, 11) is 0. The molecule has 1 aromatic carbocycles. The fourth-order valence-electron chi connectivity index (χ4n) is 2.13. The number of fused-ring (bicyclic) bond motifs is 1. The van der Waals surface area contributed by atoms with E-state index >= 15 is 0 Å². The fourth-order valence-corrected chi connectivity index (χ4v) is 2.13. The molecule has 112 valence electrons. The van der Waals surface area contributed by atoms with Gasteiger partial charge >= 0.3 is 5.97 Å². The first-order valence-corrected chi connectivity index (χ1v) is 6.88. The summed E-state index contributed by atoms with van der Waals surface area (Å²) in [4.78, 5) is 23.2. The Balaban J connectivity index is 2.09. The van der Waals surface area contributed by atoms with Gasteiger partial charge in [-0.25, -0.2) is 4.79 Å². The van der Waals surface area contributed by atoms with Crippen molar-refractivity contribution >= 4 is 22.8 Å². The van der Waals surface area contributed by atoms with Gasteiger partial charge in [-0.1, -0.05) is 37.6 Å². The van der Waals surface area contributed by atoms with Gasteiger partial charge in [-0.15, -0.1) is 0 Å². The van der Waals surface area contributed by atoms with Crippen molar-refractivity contribution in [1.29, 1.82) is 0 Å². The van der Waals surface area contributed by atoms with Gasteiger partial charge in [0.2, 0.25) is 5.91 Å². The van der Waals surface area contributed by atoms with E-state index in [1.165, 1.54) is 0 Å². The molecular weight excluding hydrogens is 272 g/mol. The number of nitrogens with zero attached hydrogens (tertiary/aromatic N) is 1. The minimum Gasteiger partial charge on any atom is -0.480 e. The normalized spacial score (nSPS) is 13.8. The number of aliphatic carboxylic acids is 1. The Hall–Kier alpha value is -2.37. The third-order valence-electron chi connectivity index (χ3n) is 3.58. The van der Waals surface area contributed by atoms with E-state index in [4.69, 9.17) is 4.52 Å². The van der Waals surface area contributed by atoms with E-state index in [0.717, 1.165) is 5.39 Å². The molecule has 2 atom stereocenters. The molecule has 6 heteroatoms. The largest absolute Gasteiger partial charge is 0.480 e. The van der Waals surface area contributed by atoms with Gasteiger partial charge in [0.25, 0.3) is 0 Å². The van der Waals surface area contributed by atoms with Crippen LogP contribution in [0.4, 0.5) is 0 Å². The van der Waals surface area contributed by atoms with Crippen molar-refractivity contribution in [3.8, 4) is 0 Å². The molecule has 2 aromatic rings. The van der Waals surface area contributed by atoms with Crippen LogP contribution in [0.15, 0.2) is 28.8 Å². The summed E-state index contributed by atoms with van der Waals surface area (Å²) in [6, 6.07) is 6.35. The fraction of sp³-hybridized carbons (Fsp3) is 0.400. The summed E-state index contributed by atoms with van der Waals surface area (Å²) in [5.74, 6) is -1.54. The van der Waals surface area contributed by atoms with Crippen LogP contribution in [0, 0.1) is 5.92 Å². The molecule has 0 aliphatic heterocycles. The van der Waals surface area contributed by atoms with Gasteiger partial charge in [-0.2, -0.15) is 0 Å². The first-order chi connectivity index (χ1) is 10.0. The number of carbonyl (C=O) groups is 2. The molecule has 6 nitrogen and oxygen atoms in total. The van der Waals surface area contributed by atoms with Gasteiger partial charge in [-0.05, 0) is 18.1 Å². The molecule has 1 amide bonds. The molecule has 0 saturated carbocycles. The Morgan fingerprint density at radius 2 is 2.10 bits per heavy atom. The third kappa shape index (κ3) is 3.39. The Labute approximate surface area is 122 Å². The third-order valence-corrected chi connectivity index (χ3v) is 3.58. The minimum absolute atomic E-state index is 0.00275. The van der Waals surface area contributed by atoms with Crippen molar-refractivity contribution in [3.63, 3.8) is 0 Å². The van der Waals surface area contributed by atoms with Crippen LogP contribution in [0.2, 0.25) is 0 Å². The summed E-state index contributed by atoms with van der Waals surface area (Å²) >= 11 is 0. The van der Waals surface area contributed by atoms with Crippen molar-refractivity contribution in [3.05, 3.63) is 30.0 Å². The number of hydrogen-bond donors (Lipinski definition) is 2. The highest BCUT2D eigenvalue weighted by atomic mass is 16.5. The number of carboxylic acid groups (broad SMARTS) is 1. The monoisotopic (exact) mass is 290 g/mol. The smallest absolute Gasteiger partial charge is 0.326 e. The zero-order valence-corrected chi connectivity index (χ0v) is 12.0. The van der Waals surface area contributed by atoms with E-state index in [2.05, 4.69) is 10.5 Å². The average molecular weight is 290 g/mol. The maximum atomic E-state index is 12.0. The Morgan fingerprint density at radius 3 is 2.76 bits per heavy atom. The molecule has 0 radical (unpaired) electrons. The highest BCUT2D eigenvalue weighted by Crippen LogP contribution is 2.18. The lowest BCUT2D eigenvalue weighted by molar-refractivity contribution is -0.143. The Kier molecular flexibility index (Phi) is 4.57. The van der Waals surface area contributed by atoms with Gasteiger partial charge in [0.15, 0.2) is 5.58 Å². The lowest BCUT2D eigenvalue weighted by atomic mass is 9.99. The van der Waals surface area contributed by atoms with Crippen molar-refractivity contribution in [1.82, 2.24) is 10.5 Å². The van der Waals surface area contributed by atoms with E-state index in [0.29, 0.717) is 17.7 Å². The van der Waals surface area contributed by atoms with E-state index in [9.17, 15) is 14.7 Å². The van der Waals surface area contributed by atoms with Gasteiger partial charge in [0, 0.05) is 5.39 Å². The van der Waals surface area contributed by atoms with E-state index in [1.807, 2.05) is 25.1 Å². The van der Waals surface area contributed by atoms with Gasteiger partial charge in [-0.3, -0.25) is 4.79 Å². The standard InChI is InChI=1S/C15H18N2O4/c1-3-9(2)14(15(19)20)16-13(18)8-11-10-6-4-5-7-12(10)21-17-11/h4-7,9,14H,3,8H2,1-2H3,(H,16,18)(H,19,20). The number of rotatable bonds is 6. The van der Waals surface area contributed by atoms with E-state index < -0.39 is 12.0 Å². The van der Waals surface area contributed by atoms with Gasteiger partial charge < -0.3 is 14.9 Å². The SMILES string of the molecule is CCC(C)C(NC(=O)Cc1noc2ccccc12)C(=O)O. The number of benzene rings is 1. The molecule has 0 aliphatic carbocycles. The number of carboxylic acids is 1. The molecule has 2 N–H and O–H groups in total. The molecule has 2 rings (SSSR count). The highest BCUT2D eigenvalue weighted by molar-refractivity contribution is 5.88. The number of amides is 1. The van der Waals surface area contributed by atoms with Crippen LogP contribution in [0.25, 0.3) is 11.0 Å². The van der Waals surface area contributed by atoms with Crippen LogP contribution in [-0.4, -0.2) is 28.2 Å². The lowest BCUT2D eigenvalue weighted by Gasteiger charge is -2.19. The zero-order chi connectivity index (χ0) is 15.4. The van der Waals surface area contributed by atoms with Gasteiger partial charge in [0.05, 0.1) is 6.42 Å². The van der Waals surface area contributed by atoms with Crippen molar-refractivity contribution in [2.24, 2.45) is 5.92 Å². The molecule has 0 spiro atoms. The summed E-state index contributed by atoms with van der Waals surface area (Å²) in [5, 5.41) is 16.4. The minimum atomic E-state index is -1.03. The molecule has 2 unspecified atom stereocenters. The van der Waals surface area contributed by atoms with Crippen LogP contribution in [0.1, 0.15) is 26.0 Å².